The lowest BCUT2D eigenvalue weighted by molar-refractivity contribution is 0.416. The molecule has 1 aromatic rings. The number of nitrogens with zero attached hydrogens (tertiary/aromatic N) is 1. The number of methoxy groups -OCH3 is 1. The van der Waals surface area contributed by atoms with Gasteiger partial charge in [-0.15, -0.1) is 0 Å². The van der Waals surface area contributed by atoms with Crippen LogP contribution in [0.4, 0.5) is 11.4 Å². The van der Waals surface area contributed by atoms with Gasteiger partial charge in [-0.2, -0.15) is 0 Å². The van der Waals surface area contributed by atoms with Crippen molar-refractivity contribution in [3.63, 3.8) is 0 Å². The van der Waals surface area contributed by atoms with Gasteiger partial charge in [-0.05, 0) is 39.3 Å². The molecule has 1 aliphatic heterocycles. The maximum atomic E-state index is 5.43. The van der Waals surface area contributed by atoms with Gasteiger partial charge in [-0.25, -0.2) is 0 Å². The van der Waals surface area contributed by atoms with Gasteiger partial charge in [0.15, 0.2) is 0 Å². The van der Waals surface area contributed by atoms with Crippen molar-refractivity contribution in [1.29, 1.82) is 0 Å². The summed E-state index contributed by atoms with van der Waals surface area (Å²) in [5.41, 5.74) is 3.94. The normalized spacial score (nSPS) is 17.5. The summed E-state index contributed by atoms with van der Waals surface area (Å²) < 4.78 is 5.43. The smallest absolute Gasteiger partial charge is 0.142 e. The van der Waals surface area contributed by atoms with Gasteiger partial charge in [0.25, 0.3) is 0 Å². The van der Waals surface area contributed by atoms with Crippen molar-refractivity contribution in [2.45, 2.75) is 33.2 Å². The summed E-state index contributed by atoms with van der Waals surface area (Å²) in [7, 11) is 1.73. The fourth-order valence-corrected chi connectivity index (χ4v) is 2.61. The highest BCUT2D eigenvalue weighted by atomic mass is 16.5. The van der Waals surface area contributed by atoms with E-state index >= 15 is 0 Å². The third-order valence-corrected chi connectivity index (χ3v) is 3.48. The Morgan fingerprint density at radius 3 is 2.65 bits per heavy atom. The molecule has 94 valence electrons. The molecule has 1 unspecified atom stereocenters. The number of hydrogen-bond acceptors (Lipinski definition) is 3. The molecule has 1 aliphatic rings. The molecular weight excluding hydrogens is 212 g/mol. The zero-order valence-electron chi connectivity index (χ0n) is 11.2. The van der Waals surface area contributed by atoms with Gasteiger partial charge in [0.05, 0.1) is 12.8 Å². The van der Waals surface area contributed by atoms with Gasteiger partial charge in [0, 0.05) is 30.4 Å². The number of nitrogens with one attached hydrogen (secondary N) is 1. The fourth-order valence-electron chi connectivity index (χ4n) is 2.61. The van der Waals surface area contributed by atoms with E-state index < -0.39 is 0 Å². The quantitative estimate of drug-likeness (QED) is 0.867. The van der Waals surface area contributed by atoms with Gasteiger partial charge in [0.2, 0.25) is 0 Å². The molecule has 0 aromatic heterocycles. The molecule has 1 N–H and O–H groups in total. The molecule has 1 heterocycles. The second-order valence-electron chi connectivity index (χ2n) is 4.56. The SMILES string of the molecule is CCN(CC)c1ccc(OC)c2c1CC(C)N2. The highest BCUT2D eigenvalue weighted by molar-refractivity contribution is 5.76. The zero-order chi connectivity index (χ0) is 12.4. The van der Waals surface area contributed by atoms with Crippen LogP contribution in [0.15, 0.2) is 12.1 Å². The summed E-state index contributed by atoms with van der Waals surface area (Å²) in [5, 5.41) is 3.51. The molecule has 0 radical (unpaired) electrons. The van der Waals surface area contributed by atoms with E-state index in [1.165, 1.54) is 16.9 Å². The minimum atomic E-state index is 0.496. The van der Waals surface area contributed by atoms with Gasteiger partial charge in [-0.3, -0.25) is 0 Å². The summed E-state index contributed by atoms with van der Waals surface area (Å²) in [6.07, 6.45) is 1.08. The van der Waals surface area contributed by atoms with Crippen molar-refractivity contribution in [2.24, 2.45) is 0 Å². The molecule has 3 nitrogen and oxygen atoms in total. The largest absolute Gasteiger partial charge is 0.495 e. The van der Waals surface area contributed by atoms with E-state index in [1.807, 2.05) is 0 Å². The van der Waals surface area contributed by atoms with Crippen LogP contribution in [0.1, 0.15) is 26.3 Å². The van der Waals surface area contributed by atoms with Gasteiger partial charge >= 0.3 is 0 Å². The molecule has 2 rings (SSSR count). The molecule has 3 heteroatoms. The van der Waals surface area contributed by atoms with Crippen molar-refractivity contribution in [2.75, 3.05) is 30.4 Å². The number of anilines is 2. The lowest BCUT2D eigenvalue weighted by Crippen LogP contribution is -2.23. The molecular formula is C14H22N2O. The first-order valence-corrected chi connectivity index (χ1v) is 6.42. The Morgan fingerprint density at radius 1 is 1.35 bits per heavy atom. The standard InChI is InChI=1S/C14H22N2O/c1-5-16(6-2)12-7-8-13(17-4)14-11(12)9-10(3)15-14/h7-8,10,15H,5-6,9H2,1-4H3. The number of fused-ring (bicyclic) bond motifs is 1. The summed E-state index contributed by atoms with van der Waals surface area (Å²) in [4.78, 5) is 2.40. The molecule has 1 atom stereocenters. The second-order valence-corrected chi connectivity index (χ2v) is 4.56. The van der Waals surface area contributed by atoms with Crippen LogP contribution in [0, 0.1) is 0 Å². The molecule has 0 aliphatic carbocycles. The second kappa shape index (κ2) is 4.86. The minimum absolute atomic E-state index is 0.496. The predicted molar refractivity (Wildman–Crippen MR) is 73.3 cm³/mol. The minimum Gasteiger partial charge on any atom is -0.495 e. The topological polar surface area (TPSA) is 24.5 Å². The Balaban J connectivity index is 2.46. The third-order valence-electron chi connectivity index (χ3n) is 3.48. The summed E-state index contributed by atoms with van der Waals surface area (Å²) in [6, 6.07) is 4.75. The maximum Gasteiger partial charge on any atom is 0.142 e. The van der Waals surface area contributed by atoms with E-state index in [4.69, 9.17) is 4.74 Å². The van der Waals surface area contributed by atoms with E-state index in [0.717, 1.165) is 25.3 Å². The highest BCUT2D eigenvalue weighted by Gasteiger charge is 2.25. The number of hydrogen-bond donors (Lipinski definition) is 1. The van der Waals surface area contributed by atoms with E-state index in [0.29, 0.717) is 6.04 Å². The summed E-state index contributed by atoms with van der Waals surface area (Å²) in [6.45, 7) is 8.70. The molecule has 0 spiro atoms. The van der Waals surface area contributed by atoms with E-state index in [-0.39, 0.29) is 0 Å². The number of ether oxygens (including phenoxy) is 1. The van der Waals surface area contributed by atoms with Crippen molar-refractivity contribution in [3.05, 3.63) is 17.7 Å². The predicted octanol–water partition coefficient (Wildman–Crippen LogP) is 2.90. The summed E-state index contributed by atoms with van der Waals surface area (Å²) in [5.74, 6) is 0.959. The van der Waals surface area contributed by atoms with Crippen molar-refractivity contribution in [1.82, 2.24) is 0 Å². The van der Waals surface area contributed by atoms with Crippen molar-refractivity contribution < 1.29 is 4.74 Å². The van der Waals surface area contributed by atoms with Crippen molar-refractivity contribution >= 4 is 11.4 Å². The molecule has 0 saturated carbocycles. The van der Waals surface area contributed by atoms with E-state index in [9.17, 15) is 0 Å². The molecule has 0 bridgehead atoms. The van der Waals surface area contributed by atoms with Crippen LogP contribution in [0.2, 0.25) is 0 Å². The Labute approximate surface area is 104 Å². The first-order chi connectivity index (χ1) is 8.21. The lowest BCUT2D eigenvalue weighted by atomic mass is 10.1. The first kappa shape index (κ1) is 12.1. The number of benzene rings is 1. The number of rotatable bonds is 4. The van der Waals surface area contributed by atoms with Crippen LogP contribution in [0.5, 0.6) is 5.75 Å². The average Bonchev–Trinajstić information content (AvgIpc) is 2.72. The van der Waals surface area contributed by atoms with Crippen LogP contribution in [-0.2, 0) is 6.42 Å². The molecule has 1 aromatic carbocycles. The zero-order valence-corrected chi connectivity index (χ0v) is 11.2. The van der Waals surface area contributed by atoms with Crippen LogP contribution >= 0.6 is 0 Å². The Hall–Kier alpha value is -1.38. The van der Waals surface area contributed by atoms with Gasteiger partial charge in [0.1, 0.15) is 5.75 Å². The van der Waals surface area contributed by atoms with Crippen LogP contribution in [-0.4, -0.2) is 26.2 Å². The Kier molecular flexibility index (Phi) is 3.46. The average molecular weight is 234 g/mol. The lowest BCUT2D eigenvalue weighted by Gasteiger charge is -2.24. The van der Waals surface area contributed by atoms with Crippen LogP contribution < -0.4 is 15.0 Å². The fraction of sp³-hybridized carbons (Fsp3) is 0.571. The Morgan fingerprint density at radius 2 is 2.06 bits per heavy atom. The van der Waals surface area contributed by atoms with Gasteiger partial charge < -0.3 is 15.0 Å². The van der Waals surface area contributed by atoms with Crippen molar-refractivity contribution in [3.8, 4) is 5.75 Å². The Bertz CT molecular complexity index is 399. The molecule has 0 amide bonds. The van der Waals surface area contributed by atoms with Crippen LogP contribution in [0.3, 0.4) is 0 Å². The summed E-state index contributed by atoms with van der Waals surface area (Å²) >= 11 is 0. The third kappa shape index (κ3) is 2.06. The highest BCUT2D eigenvalue weighted by Crippen LogP contribution is 2.40. The molecule has 0 fully saturated rings. The molecule has 0 saturated heterocycles. The van der Waals surface area contributed by atoms with Gasteiger partial charge in [-0.1, -0.05) is 0 Å². The van der Waals surface area contributed by atoms with E-state index in [1.54, 1.807) is 7.11 Å². The van der Waals surface area contributed by atoms with Crippen LogP contribution in [0.25, 0.3) is 0 Å². The van der Waals surface area contributed by atoms with E-state index in [2.05, 4.69) is 43.1 Å². The molecule has 17 heavy (non-hydrogen) atoms. The monoisotopic (exact) mass is 234 g/mol. The first-order valence-electron chi connectivity index (χ1n) is 6.42. The maximum absolute atomic E-state index is 5.43.